The molecule has 0 aliphatic heterocycles. The van der Waals surface area contributed by atoms with Gasteiger partial charge in [0, 0.05) is 6.04 Å². The van der Waals surface area contributed by atoms with Crippen LogP contribution in [0.2, 0.25) is 0 Å². The highest BCUT2D eigenvalue weighted by molar-refractivity contribution is 7.91. The molecule has 0 saturated carbocycles. The molecule has 4 heteroatoms. The second kappa shape index (κ2) is 6.40. The van der Waals surface area contributed by atoms with Crippen molar-refractivity contribution < 1.29 is 8.42 Å². The molecule has 0 aromatic heterocycles. The molecule has 86 valence electrons. The van der Waals surface area contributed by atoms with Crippen LogP contribution in [0.15, 0.2) is 0 Å². The fourth-order valence-electron chi connectivity index (χ4n) is 1.40. The number of rotatable bonds is 7. The third kappa shape index (κ3) is 5.60. The van der Waals surface area contributed by atoms with Crippen LogP contribution < -0.4 is 5.73 Å². The van der Waals surface area contributed by atoms with Crippen molar-refractivity contribution in [1.29, 1.82) is 0 Å². The minimum absolute atomic E-state index is 0.139. The minimum Gasteiger partial charge on any atom is -0.327 e. The van der Waals surface area contributed by atoms with E-state index >= 15 is 0 Å². The van der Waals surface area contributed by atoms with E-state index in [2.05, 4.69) is 0 Å². The topological polar surface area (TPSA) is 60.2 Å². The molecule has 0 aromatic carbocycles. The largest absolute Gasteiger partial charge is 0.327 e. The van der Waals surface area contributed by atoms with Crippen LogP contribution in [0, 0.1) is 5.92 Å². The lowest BCUT2D eigenvalue weighted by atomic mass is 10.1. The van der Waals surface area contributed by atoms with E-state index in [1.54, 1.807) is 0 Å². The summed E-state index contributed by atoms with van der Waals surface area (Å²) in [6, 6.07) is -0.200. The van der Waals surface area contributed by atoms with Crippen LogP contribution in [-0.2, 0) is 9.84 Å². The molecule has 0 saturated heterocycles. The Labute approximate surface area is 88.0 Å². The van der Waals surface area contributed by atoms with Crippen molar-refractivity contribution in [3.05, 3.63) is 0 Å². The van der Waals surface area contributed by atoms with E-state index in [0.717, 1.165) is 19.3 Å². The van der Waals surface area contributed by atoms with Gasteiger partial charge in [-0.2, -0.15) is 0 Å². The fraction of sp³-hybridized carbons (Fsp3) is 1.00. The van der Waals surface area contributed by atoms with E-state index in [9.17, 15) is 8.42 Å². The van der Waals surface area contributed by atoms with E-state index in [1.807, 2.05) is 20.8 Å². The van der Waals surface area contributed by atoms with Gasteiger partial charge in [-0.05, 0) is 12.3 Å². The number of nitrogens with two attached hydrogens (primary N) is 1. The highest BCUT2D eigenvalue weighted by Crippen LogP contribution is 2.12. The van der Waals surface area contributed by atoms with Gasteiger partial charge in [0.05, 0.1) is 11.5 Å². The monoisotopic (exact) mass is 221 g/mol. The maximum absolute atomic E-state index is 11.6. The molecule has 1 unspecified atom stereocenters. The fourth-order valence-corrected chi connectivity index (χ4v) is 3.61. The van der Waals surface area contributed by atoms with Gasteiger partial charge in [0.15, 0.2) is 9.84 Å². The average molecular weight is 221 g/mol. The zero-order valence-electron chi connectivity index (χ0n) is 9.49. The molecule has 0 spiro atoms. The van der Waals surface area contributed by atoms with E-state index in [4.69, 9.17) is 5.73 Å². The summed E-state index contributed by atoms with van der Waals surface area (Å²) in [4.78, 5) is 0. The third-order valence-corrected chi connectivity index (χ3v) is 4.55. The summed E-state index contributed by atoms with van der Waals surface area (Å²) < 4.78 is 23.3. The standard InChI is InChI=1S/C10H23NO2S/c1-4-9(5-2)7-14(12,13)8-10(11)6-3/h9-10H,4-8,11H2,1-3H3. The first-order chi connectivity index (χ1) is 6.45. The number of hydrogen-bond acceptors (Lipinski definition) is 3. The first kappa shape index (κ1) is 13.9. The Morgan fingerprint density at radius 1 is 1.00 bits per heavy atom. The lowest BCUT2D eigenvalue weighted by molar-refractivity contribution is 0.519. The quantitative estimate of drug-likeness (QED) is 0.710. The highest BCUT2D eigenvalue weighted by atomic mass is 32.2. The number of sulfone groups is 1. The van der Waals surface area contributed by atoms with Crippen molar-refractivity contribution in [1.82, 2.24) is 0 Å². The van der Waals surface area contributed by atoms with Crippen LogP contribution in [0.1, 0.15) is 40.0 Å². The molecular formula is C10H23NO2S. The van der Waals surface area contributed by atoms with Crippen molar-refractivity contribution in [2.75, 3.05) is 11.5 Å². The van der Waals surface area contributed by atoms with Gasteiger partial charge < -0.3 is 5.73 Å². The van der Waals surface area contributed by atoms with Crippen molar-refractivity contribution in [3.63, 3.8) is 0 Å². The van der Waals surface area contributed by atoms with Gasteiger partial charge in [-0.15, -0.1) is 0 Å². The van der Waals surface area contributed by atoms with Gasteiger partial charge in [-0.3, -0.25) is 0 Å². The van der Waals surface area contributed by atoms with Gasteiger partial charge in [-0.1, -0.05) is 33.6 Å². The molecule has 14 heavy (non-hydrogen) atoms. The molecule has 0 aliphatic carbocycles. The Morgan fingerprint density at radius 3 is 1.86 bits per heavy atom. The third-order valence-electron chi connectivity index (χ3n) is 2.64. The maximum atomic E-state index is 11.6. The second-order valence-corrected chi connectivity index (χ2v) is 6.08. The number of hydrogen-bond donors (Lipinski definition) is 1. The van der Waals surface area contributed by atoms with Crippen molar-refractivity contribution in [2.45, 2.75) is 46.1 Å². The normalized spacial score (nSPS) is 14.6. The van der Waals surface area contributed by atoms with Crippen LogP contribution in [0.25, 0.3) is 0 Å². The lowest BCUT2D eigenvalue weighted by Crippen LogP contribution is -2.31. The summed E-state index contributed by atoms with van der Waals surface area (Å²) in [6.07, 6.45) is 2.58. The summed E-state index contributed by atoms with van der Waals surface area (Å²) in [5.74, 6) is 0.734. The molecule has 0 heterocycles. The van der Waals surface area contributed by atoms with Crippen molar-refractivity contribution >= 4 is 9.84 Å². The predicted molar refractivity (Wildman–Crippen MR) is 61.0 cm³/mol. The van der Waals surface area contributed by atoms with Crippen LogP contribution in [-0.4, -0.2) is 26.0 Å². The van der Waals surface area contributed by atoms with Crippen LogP contribution >= 0.6 is 0 Å². The van der Waals surface area contributed by atoms with Gasteiger partial charge in [0.25, 0.3) is 0 Å². The Bertz CT molecular complexity index is 233. The SMILES string of the molecule is CCC(N)CS(=O)(=O)CC(CC)CC. The molecule has 0 radical (unpaired) electrons. The molecule has 0 aliphatic rings. The molecule has 0 amide bonds. The molecule has 2 N–H and O–H groups in total. The van der Waals surface area contributed by atoms with Gasteiger partial charge in [0.1, 0.15) is 0 Å². The van der Waals surface area contributed by atoms with Crippen LogP contribution in [0.5, 0.6) is 0 Å². The summed E-state index contributed by atoms with van der Waals surface area (Å²) in [5.41, 5.74) is 5.64. The Kier molecular flexibility index (Phi) is 6.36. The zero-order valence-corrected chi connectivity index (χ0v) is 10.3. The van der Waals surface area contributed by atoms with Gasteiger partial charge in [0.2, 0.25) is 0 Å². The van der Waals surface area contributed by atoms with Crippen LogP contribution in [0.3, 0.4) is 0 Å². The second-order valence-electron chi connectivity index (χ2n) is 3.93. The van der Waals surface area contributed by atoms with E-state index in [1.165, 1.54) is 0 Å². The van der Waals surface area contributed by atoms with Gasteiger partial charge >= 0.3 is 0 Å². The summed E-state index contributed by atoms with van der Waals surface area (Å²) in [6.45, 7) is 5.98. The van der Waals surface area contributed by atoms with Crippen LogP contribution in [0.4, 0.5) is 0 Å². The zero-order chi connectivity index (χ0) is 11.2. The Hall–Kier alpha value is -0.0900. The molecule has 0 bridgehead atoms. The van der Waals surface area contributed by atoms with Gasteiger partial charge in [-0.25, -0.2) is 8.42 Å². The summed E-state index contributed by atoms with van der Waals surface area (Å²) >= 11 is 0. The Balaban J connectivity index is 4.19. The lowest BCUT2D eigenvalue weighted by Gasteiger charge is -2.14. The van der Waals surface area contributed by atoms with E-state index in [0.29, 0.717) is 11.7 Å². The Morgan fingerprint density at radius 2 is 1.50 bits per heavy atom. The summed E-state index contributed by atoms with van der Waals surface area (Å²) in [7, 11) is -2.94. The van der Waals surface area contributed by atoms with E-state index < -0.39 is 9.84 Å². The molecule has 0 fully saturated rings. The minimum atomic E-state index is -2.94. The summed E-state index contributed by atoms with van der Waals surface area (Å²) in [5, 5.41) is 0. The predicted octanol–water partition coefficient (Wildman–Crippen LogP) is 1.57. The van der Waals surface area contributed by atoms with Crippen molar-refractivity contribution in [2.24, 2.45) is 11.7 Å². The molecular weight excluding hydrogens is 198 g/mol. The smallest absolute Gasteiger partial charge is 0.152 e. The molecule has 1 atom stereocenters. The first-order valence-corrected chi connectivity index (χ1v) is 7.23. The molecule has 0 rings (SSSR count). The molecule has 3 nitrogen and oxygen atoms in total. The average Bonchev–Trinajstić information content (AvgIpc) is 2.13. The van der Waals surface area contributed by atoms with E-state index in [-0.39, 0.29) is 11.8 Å². The maximum Gasteiger partial charge on any atom is 0.152 e. The first-order valence-electron chi connectivity index (χ1n) is 5.41. The highest BCUT2D eigenvalue weighted by Gasteiger charge is 2.19. The molecule has 0 aromatic rings. The van der Waals surface area contributed by atoms with Crippen molar-refractivity contribution in [3.8, 4) is 0 Å².